The lowest BCUT2D eigenvalue weighted by atomic mass is 9.94. The SMILES string of the molecule is Nc1cc(Cl)c(C2(c3noc(Cc4ccc(F)cc4)n3)CC2)c(Cl)c1. The van der Waals surface area contributed by atoms with Crippen LogP contribution < -0.4 is 5.73 Å². The van der Waals surface area contributed by atoms with E-state index in [4.69, 9.17) is 33.5 Å². The molecule has 0 spiro atoms. The molecule has 1 saturated carbocycles. The molecule has 2 N–H and O–H groups in total. The molecule has 0 atom stereocenters. The molecule has 3 aromatic rings. The smallest absolute Gasteiger partial charge is 0.231 e. The molecule has 1 aliphatic rings. The largest absolute Gasteiger partial charge is 0.399 e. The fraction of sp³-hybridized carbons (Fsp3) is 0.222. The van der Waals surface area contributed by atoms with Gasteiger partial charge in [-0.25, -0.2) is 4.39 Å². The highest BCUT2D eigenvalue weighted by Crippen LogP contribution is 2.56. The number of anilines is 1. The summed E-state index contributed by atoms with van der Waals surface area (Å²) in [5.41, 5.74) is 7.56. The molecule has 25 heavy (non-hydrogen) atoms. The van der Waals surface area contributed by atoms with Crippen LogP contribution in [-0.2, 0) is 11.8 Å². The topological polar surface area (TPSA) is 64.9 Å². The molecule has 7 heteroatoms. The van der Waals surface area contributed by atoms with Crippen LogP contribution in [0.1, 0.15) is 35.7 Å². The highest BCUT2D eigenvalue weighted by atomic mass is 35.5. The van der Waals surface area contributed by atoms with Gasteiger partial charge < -0.3 is 10.3 Å². The number of nitrogens with two attached hydrogens (primary N) is 1. The minimum atomic E-state index is -0.424. The van der Waals surface area contributed by atoms with Crippen molar-refractivity contribution in [3.05, 3.63) is 75.1 Å². The first kappa shape index (κ1) is 16.4. The van der Waals surface area contributed by atoms with Crippen LogP contribution in [0.15, 0.2) is 40.9 Å². The van der Waals surface area contributed by atoms with Gasteiger partial charge in [-0.05, 0) is 42.7 Å². The number of aromatic nitrogens is 2. The zero-order valence-electron chi connectivity index (χ0n) is 13.1. The first-order valence-corrected chi connectivity index (χ1v) is 8.56. The van der Waals surface area contributed by atoms with Gasteiger partial charge in [0.25, 0.3) is 0 Å². The van der Waals surface area contributed by atoms with Gasteiger partial charge in [0.1, 0.15) is 5.82 Å². The molecule has 0 amide bonds. The second-order valence-corrected chi connectivity index (χ2v) is 7.07. The highest BCUT2D eigenvalue weighted by Gasteiger charge is 2.52. The summed E-state index contributed by atoms with van der Waals surface area (Å²) in [6.07, 6.45) is 2.12. The Labute approximate surface area is 153 Å². The van der Waals surface area contributed by atoms with Crippen molar-refractivity contribution in [3.63, 3.8) is 0 Å². The van der Waals surface area contributed by atoms with Crippen LogP contribution in [-0.4, -0.2) is 10.1 Å². The average molecular weight is 378 g/mol. The Bertz CT molecular complexity index is 913. The van der Waals surface area contributed by atoms with Gasteiger partial charge in [0, 0.05) is 21.3 Å². The summed E-state index contributed by atoms with van der Waals surface area (Å²) in [5, 5.41) is 5.15. The molecule has 0 saturated heterocycles. The molecule has 0 unspecified atom stereocenters. The van der Waals surface area contributed by atoms with E-state index in [0.29, 0.717) is 33.9 Å². The number of rotatable bonds is 4. The number of hydrogen-bond acceptors (Lipinski definition) is 4. The van der Waals surface area contributed by atoms with Gasteiger partial charge in [-0.15, -0.1) is 0 Å². The van der Waals surface area contributed by atoms with E-state index in [1.165, 1.54) is 12.1 Å². The number of benzene rings is 2. The molecule has 1 aromatic heterocycles. The standard InChI is InChI=1S/C18H14Cl2FN3O/c19-13-8-12(22)9-14(20)16(13)18(5-6-18)17-23-15(25-24-17)7-10-1-3-11(21)4-2-10/h1-4,8-9H,5-7,22H2. The minimum absolute atomic E-state index is 0.278. The molecule has 128 valence electrons. The van der Waals surface area contributed by atoms with Crippen LogP contribution >= 0.6 is 23.2 Å². The fourth-order valence-electron chi connectivity index (χ4n) is 3.06. The number of nitrogen functional groups attached to an aromatic ring is 1. The van der Waals surface area contributed by atoms with E-state index in [9.17, 15) is 4.39 Å². The molecule has 0 bridgehead atoms. The van der Waals surface area contributed by atoms with Crippen molar-refractivity contribution >= 4 is 28.9 Å². The molecule has 1 fully saturated rings. The van der Waals surface area contributed by atoms with Gasteiger partial charge >= 0.3 is 0 Å². The number of halogens is 3. The van der Waals surface area contributed by atoms with E-state index in [0.717, 1.165) is 24.0 Å². The second-order valence-electron chi connectivity index (χ2n) is 6.26. The van der Waals surface area contributed by atoms with E-state index < -0.39 is 5.41 Å². The predicted molar refractivity (Wildman–Crippen MR) is 94.4 cm³/mol. The van der Waals surface area contributed by atoms with Crippen molar-refractivity contribution in [1.82, 2.24) is 10.1 Å². The Morgan fingerprint density at radius 3 is 2.36 bits per heavy atom. The molecule has 4 rings (SSSR count). The second kappa shape index (κ2) is 6.00. The van der Waals surface area contributed by atoms with Crippen LogP contribution in [0, 0.1) is 5.82 Å². The molecule has 4 nitrogen and oxygen atoms in total. The average Bonchev–Trinajstić information content (AvgIpc) is 3.20. The summed E-state index contributed by atoms with van der Waals surface area (Å²) in [6.45, 7) is 0. The quantitative estimate of drug-likeness (QED) is 0.665. The van der Waals surface area contributed by atoms with Crippen molar-refractivity contribution in [3.8, 4) is 0 Å². The Morgan fingerprint density at radius 2 is 1.76 bits per heavy atom. The van der Waals surface area contributed by atoms with Gasteiger partial charge in [0.15, 0.2) is 5.82 Å². The summed E-state index contributed by atoms with van der Waals surface area (Å²) in [4.78, 5) is 4.52. The van der Waals surface area contributed by atoms with Crippen molar-refractivity contribution in [2.75, 3.05) is 5.73 Å². The van der Waals surface area contributed by atoms with Gasteiger partial charge in [-0.1, -0.05) is 40.5 Å². The lowest BCUT2D eigenvalue weighted by Gasteiger charge is -2.15. The van der Waals surface area contributed by atoms with Crippen LogP contribution in [0.5, 0.6) is 0 Å². The zero-order valence-corrected chi connectivity index (χ0v) is 14.6. The maximum atomic E-state index is 13.0. The van der Waals surface area contributed by atoms with Gasteiger partial charge in [0.2, 0.25) is 5.89 Å². The summed E-state index contributed by atoms with van der Waals surface area (Å²) < 4.78 is 18.4. The van der Waals surface area contributed by atoms with Crippen LogP contribution in [0.2, 0.25) is 10.0 Å². The normalized spacial score (nSPS) is 15.3. The fourth-order valence-corrected chi connectivity index (χ4v) is 3.92. The van der Waals surface area contributed by atoms with Gasteiger partial charge in [-0.3, -0.25) is 0 Å². The lowest BCUT2D eigenvalue weighted by molar-refractivity contribution is 0.376. The van der Waals surface area contributed by atoms with E-state index in [1.54, 1.807) is 24.3 Å². The van der Waals surface area contributed by atoms with E-state index in [-0.39, 0.29) is 5.82 Å². The monoisotopic (exact) mass is 377 g/mol. The van der Waals surface area contributed by atoms with Crippen LogP contribution in [0.25, 0.3) is 0 Å². The van der Waals surface area contributed by atoms with E-state index >= 15 is 0 Å². The van der Waals surface area contributed by atoms with Crippen molar-refractivity contribution < 1.29 is 8.91 Å². The highest BCUT2D eigenvalue weighted by molar-refractivity contribution is 6.36. The van der Waals surface area contributed by atoms with Crippen molar-refractivity contribution in [2.45, 2.75) is 24.7 Å². The molecule has 1 aliphatic carbocycles. The first-order chi connectivity index (χ1) is 12.0. The third-order valence-corrected chi connectivity index (χ3v) is 5.05. The van der Waals surface area contributed by atoms with Gasteiger partial charge in [-0.2, -0.15) is 4.98 Å². The van der Waals surface area contributed by atoms with Crippen LogP contribution in [0.3, 0.4) is 0 Å². The third-order valence-electron chi connectivity index (χ3n) is 4.46. The molecular weight excluding hydrogens is 364 g/mol. The summed E-state index contributed by atoms with van der Waals surface area (Å²) in [5.74, 6) is 0.758. The van der Waals surface area contributed by atoms with Crippen molar-refractivity contribution in [1.29, 1.82) is 0 Å². The first-order valence-electron chi connectivity index (χ1n) is 7.80. The van der Waals surface area contributed by atoms with E-state index in [1.807, 2.05) is 0 Å². The molecule has 1 heterocycles. The maximum Gasteiger partial charge on any atom is 0.231 e. The van der Waals surface area contributed by atoms with Crippen molar-refractivity contribution in [2.24, 2.45) is 0 Å². The molecule has 0 aliphatic heterocycles. The number of nitrogens with zero attached hydrogens (tertiary/aromatic N) is 2. The Hall–Kier alpha value is -2.11. The van der Waals surface area contributed by atoms with Gasteiger partial charge in [0.05, 0.1) is 11.8 Å². The maximum absolute atomic E-state index is 13.0. The Balaban J connectivity index is 1.65. The molecule has 0 radical (unpaired) electrons. The summed E-state index contributed by atoms with van der Waals surface area (Å²) in [6, 6.07) is 9.57. The predicted octanol–water partition coefficient (Wildman–Crippen LogP) is 4.77. The zero-order chi connectivity index (χ0) is 17.6. The summed E-state index contributed by atoms with van der Waals surface area (Å²) >= 11 is 12.7. The molecular formula is C18H14Cl2FN3O. The molecule has 2 aromatic carbocycles. The van der Waals surface area contributed by atoms with Crippen LogP contribution in [0.4, 0.5) is 10.1 Å². The number of hydrogen-bond donors (Lipinski definition) is 1. The lowest BCUT2D eigenvalue weighted by Crippen LogP contribution is -2.13. The Kier molecular flexibility index (Phi) is 3.93. The summed E-state index contributed by atoms with van der Waals surface area (Å²) in [7, 11) is 0. The third kappa shape index (κ3) is 2.98. The minimum Gasteiger partial charge on any atom is -0.399 e. The van der Waals surface area contributed by atoms with E-state index in [2.05, 4.69) is 10.1 Å². The Morgan fingerprint density at radius 1 is 1.12 bits per heavy atom.